The van der Waals surface area contributed by atoms with Crippen molar-refractivity contribution in [2.75, 3.05) is 24.5 Å². The van der Waals surface area contributed by atoms with Crippen molar-refractivity contribution in [3.8, 4) is 5.75 Å². The number of rotatable bonds is 10. The molecule has 0 saturated heterocycles. The molecule has 5 rings (SSSR count). The Morgan fingerprint density at radius 1 is 0.921 bits per heavy atom. The van der Waals surface area contributed by atoms with E-state index in [1.165, 1.54) is 65.9 Å². The van der Waals surface area contributed by atoms with Crippen molar-refractivity contribution in [2.45, 2.75) is 64.7 Å². The fraction of sp³-hybridized carbons (Fsp3) is 0.400. The molecule has 198 valence electrons. The van der Waals surface area contributed by atoms with Gasteiger partial charge in [-0.3, -0.25) is 0 Å². The van der Waals surface area contributed by atoms with E-state index in [9.17, 15) is 5.11 Å². The summed E-state index contributed by atoms with van der Waals surface area (Å²) in [5, 5.41) is 10.5. The van der Waals surface area contributed by atoms with Crippen molar-refractivity contribution in [3.63, 3.8) is 0 Å². The smallest absolute Gasteiger partial charge is 0.210 e. The average molecular weight is 508 g/mol. The molecule has 1 fully saturated rings. The molecule has 0 amide bonds. The van der Waals surface area contributed by atoms with Gasteiger partial charge in [0.25, 0.3) is 0 Å². The number of hydrogen-bond acceptors (Lipinski definition) is 2. The van der Waals surface area contributed by atoms with Crippen LogP contribution in [0.1, 0.15) is 69.6 Å². The molecule has 38 heavy (non-hydrogen) atoms. The van der Waals surface area contributed by atoms with Gasteiger partial charge in [-0.05, 0) is 74.6 Å². The number of allylic oxidation sites excluding steroid dienone is 1. The standard InChI is InChI=1S/C35H42N2O/c1-4-36(5-2)30-18-15-28(16-19-30)17-22-34-35(3,26-29-13-7-6-8-14-29)32-25-31(38)20-21-33(32)37(34)24-23-27-11-9-10-12-27/h6-8,13-22,25,27H,4-5,9-12,23-24,26H2,1-3H3/p+1. The summed E-state index contributed by atoms with van der Waals surface area (Å²) >= 11 is 0. The molecule has 0 spiro atoms. The molecule has 0 bridgehead atoms. The molecule has 1 aliphatic heterocycles. The number of fused-ring (bicyclic) bond motifs is 1. The molecule has 1 atom stereocenters. The van der Waals surface area contributed by atoms with Crippen LogP contribution in [-0.4, -0.2) is 35.0 Å². The van der Waals surface area contributed by atoms with Crippen molar-refractivity contribution in [1.29, 1.82) is 0 Å². The zero-order valence-electron chi connectivity index (χ0n) is 23.4. The Bertz CT molecular complexity index is 1280. The maximum absolute atomic E-state index is 10.5. The third-order valence-corrected chi connectivity index (χ3v) is 8.81. The van der Waals surface area contributed by atoms with Crippen LogP contribution in [0.15, 0.2) is 78.9 Å². The molecule has 3 aromatic rings. The molecule has 1 heterocycles. The lowest BCUT2D eigenvalue weighted by molar-refractivity contribution is -0.439. The van der Waals surface area contributed by atoms with E-state index >= 15 is 0 Å². The molecule has 3 heteroatoms. The monoisotopic (exact) mass is 507 g/mol. The molecule has 3 aromatic carbocycles. The van der Waals surface area contributed by atoms with Crippen LogP contribution in [0, 0.1) is 5.92 Å². The Morgan fingerprint density at radius 3 is 2.32 bits per heavy atom. The number of hydrogen-bond donors (Lipinski definition) is 1. The second-order valence-corrected chi connectivity index (χ2v) is 11.3. The Morgan fingerprint density at radius 2 is 1.63 bits per heavy atom. The summed E-state index contributed by atoms with van der Waals surface area (Å²) in [7, 11) is 0. The summed E-state index contributed by atoms with van der Waals surface area (Å²) in [5.74, 6) is 1.17. The lowest BCUT2D eigenvalue weighted by Gasteiger charge is -2.23. The average Bonchev–Trinajstić information content (AvgIpc) is 3.53. The van der Waals surface area contributed by atoms with Crippen LogP contribution in [0.3, 0.4) is 0 Å². The Balaban J connectivity index is 1.54. The summed E-state index contributed by atoms with van der Waals surface area (Å²) in [6.07, 6.45) is 12.2. The second kappa shape index (κ2) is 11.6. The molecule has 2 aliphatic rings. The Kier molecular flexibility index (Phi) is 8.02. The van der Waals surface area contributed by atoms with Crippen LogP contribution < -0.4 is 4.90 Å². The molecule has 1 unspecified atom stereocenters. The summed E-state index contributed by atoms with van der Waals surface area (Å²) in [5.41, 5.74) is 7.37. The topological polar surface area (TPSA) is 26.5 Å². The fourth-order valence-corrected chi connectivity index (χ4v) is 6.64. The SMILES string of the molecule is CCN(CC)c1ccc(C=CC2=[N+](CCC3CCCC3)c3ccc(O)cc3C2(C)Cc2ccccc2)cc1. The van der Waals surface area contributed by atoms with E-state index in [0.29, 0.717) is 5.75 Å². The zero-order chi connectivity index (χ0) is 26.5. The maximum atomic E-state index is 10.5. The number of phenols is 1. The van der Waals surface area contributed by atoms with E-state index in [1.807, 2.05) is 12.1 Å². The maximum Gasteiger partial charge on any atom is 0.210 e. The van der Waals surface area contributed by atoms with E-state index < -0.39 is 0 Å². The van der Waals surface area contributed by atoms with Gasteiger partial charge in [0.2, 0.25) is 5.69 Å². The van der Waals surface area contributed by atoms with E-state index in [0.717, 1.165) is 32.0 Å². The first-order chi connectivity index (χ1) is 18.5. The molecule has 1 N–H and O–H groups in total. The lowest BCUT2D eigenvalue weighted by atomic mass is 9.74. The van der Waals surface area contributed by atoms with Gasteiger partial charge < -0.3 is 10.0 Å². The van der Waals surface area contributed by atoms with E-state index in [-0.39, 0.29) is 5.41 Å². The minimum absolute atomic E-state index is 0.233. The van der Waals surface area contributed by atoms with Crippen molar-refractivity contribution in [2.24, 2.45) is 5.92 Å². The number of anilines is 1. The minimum Gasteiger partial charge on any atom is -0.508 e. The molecule has 0 aromatic heterocycles. The highest BCUT2D eigenvalue weighted by Crippen LogP contribution is 2.44. The van der Waals surface area contributed by atoms with Crippen LogP contribution in [0.2, 0.25) is 0 Å². The summed E-state index contributed by atoms with van der Waals surface area (Å²) in [6.45, 7) is 9.82. The molecule has 0 radical (unpaired) electrons. The van der Waals surface area contributed by atoms with Crippen LogP contribution in [0.4, 0.5) is 11.4 Å². The normalized spacial score (nSPS) is 19.4. The second-order valence-electron chi connectivity index (χ2n) is 11.3. The summed E-state index contributed by atoms with van der Waals surface area (Å²) < 4.78 is 2.55. The fourth-order valence-electron chi connectivity index (χ4n) is 6.64. The lowest BCUT2D eigenvalue weighted by Crippen LogP contribution is -2.34. The highest BCUT2D eigenvalue weighted by Gasteiger charge is 2.48. The highest BCUT2D eigenvalue weighted by atomic mass is 16.3. The zero-order valence-corrected chi connectivity index (χ0v) is 23.4. The van der Waals surface area contributed by atoms with Gasteiger partial charge in [-0.25, -0.2) is 0 Å². The third-order valence-electron chi connectivity index (χ3n) is 8.81. The number of benzene rings is 3. The van der Waals surface area contributed by atoms with Crippen molar-refractivity contribution in [3.05, 3.63) is 95.6 Å². The van der Waals surface area contributed by atoms with Crippen molar-refractivity contribution >= 4 is 23.2 Å². The first kappa shape index (κ1) is 26.3. The quantitative estimate of drug-likeness (QED) is 0.280. The number of nitrogens with zero attached hydrogens (tertiary/aromatic N) is 2. The van der Waals surface area contributed by atoms with E-state index in [4.69, 9.17) is 0 Å². The molecular weight excluding hydrogens is 464 g/mol. The summed E-state index contributed by atoms with van der Waals surface area (Å²) in [6, 6.07) is 25.7. The Labute approximate surface area is 229 Å². The van der Waals surface area contributed by atoms with Crippen LogP contribution in [-0.2, 0) is 11.8 Å². The summed E-state index contributed by atoms with van der Waals surface area (Å²) in [4.78, 5) is 2.38. The van der Waals surface area contributed by atoms with Gasteiger partial charge in [-0.15, -0.1) is 0 Å². The van der Waals surface area contributed by atoms with Gasteiger partial charge >= 0.3 is 0 Å². The van der Waals surface area contributed by atoms with Crippen LogP contribution >= 0.6 is 0 Å². The molecule has 1 saturated carbocycles. The van der Waals surface area contributed by atoms with Crippen molar-refractivity contribution < 1.29 is 9.68 Å². The van der Waals surface area contributed by atoms with E-state index in [2.05, 4.69) is 103 Å². The predicted molar refractivity (Wildman–Crippen MR) is 161 cm³/mol. The van der Waals surface area contributed by atoms with Gasteiger partial charge in [0, 0.05) is 42.9 Å². The third kappa shape index (κ3) is 5.43. The largest absolute Gasteiger partial charge is 0.508 e. The Hall–Kier alpha value is -3.33. The molecule has 1 aliphatic carbocycles. The van der Waals surface area contributed by atoms with Crippen LogP contribution in [0.5, 0.6) is 5.75 Å². The van der Waals surface area contributed by atoms with Gasteiger partial charge in [-0.1, -0.05) is 68.1 Å². The number of phenolic OH excluding ortho intramolecular Hbond substituents is 1. The van der Waals surface area contributed by atoms with Gasteiger partial charge in [0.05, 0.1) is 5.41 Å². The first-order valence-electron chi connectivity index (χ1n) is 14.6. The molecule has 3 nitrogen and oxygen atoms in total. The van der Waals surface area contributed by atoms with Gasteiger partial charge in [-0.2, -0.15) is 4.58 Å². The number of aromatic hydroxyl groups is 1. The van der Waals surface area contributed by atoms with Gasteiger partial charge in [0.1, 0.15) is 12.3 Å². The minimum atomic E-state index is -0.233. The van der Waals surface area contributed by atoms with Gasteiger partial charge in [0.15, 0.2) is 5.71 Å². The molecular formula is C35H43N2O+. The first-order valence-corrected chi connectivity index (χ1v) is 14.6. The van der Waals surface area contributed by atoms with Crippen LogP contribution in [0.25, 0.3) is 6.08 Å². The van der Waals surface area contributed by atoms with E-state index in [1.54, 1.807) is 0 Å². The highest BCUT2D eigenvalue weighted by molar-refractivity contribution is 6.06. The predicted octanol–water partition coefficient (Wildman–Crippen LogP) is 8.13. The van der Waals surface area contributed by atoms with Crippen molar-refractivity contribution in [1.82, 2.24) is 0 Å².